The first-order valence-electron chi connectivity index (χ1n) is 10.6. The van der Waals surface area contributed by atoms with Crippen molar-refractivity contribution in [3.63, 3.8) is 0 Å². The summed E-state index contributed by atoms with van der Waals surface area (Å²) in [5, 5.41) is 7.61. The van der Waals surface area contributed by atoms with Crippen LogP contribution < -0.4 is 10.6 Å². The minimum atomic E-state index is -2.46. The summed E-state index contributed by atoms with van der Waals surface area (Å²) >= 11 is 6.10. The van der Waals surface area contributed by atoms with Crippen LogP contribution >= 0.6 is 11.6 Å². The molecule has 2 bridgehead atoms. The fourth-order valence-electron chi connectivity index (χ4n) is 3.41. The zero-order chi connectivity index (χ0) is 20.2. The van der Waals surface area contributed by atoms with Gasteiger partial charge in [-0.2, -0.15) is 0 Å². The fourth-order valence-corrected chi connectivity index (χ4v) is 6.09. The predicted octanol–water partition coefficient (Wildman–Crippen LogP) is 1.65. The smallest absolute Gasteiger partial charge is 0.372 e. The summed E-state index contributed by atoms with van der Waals surface area (Å²) in [7, 11) is -2.46. The minimum Gasteiger partial charge on any atom is -0.372 e. The number of aliphatic imine (C=N–C) groups is 1. The quantitative estimate of drug-likeness (QED) is 0.310. The van der Waals surface area contributed by atoms with E-state index < -0.39 is 8.80 Å². The second-order valence-electron chi connectivity index (χ2n) is 7.23. The number of fused-ring (bicyclic) bond motifs is 6. The molecule has 3 heterocycles. The van der Waals surface area contributed by atoms with Gasteiger partial charge in [0.2, 0.25) is 0 Å². The van der Waals surface area contributed by atoms with Gasteiger partial charge in [-0.15, -0.1) is 0 Å². The Bertz CT molecular complexity index is 611. The van der Waals surface area contributed by atoms with E-state index in [9.17, 15) is 0 Å². The second-order valence-corrected chi connectivity index (χ2v) is 10.4. The van der Waals surface area contributed by atoms with E-state index >= 15 is 0 Å². The highest BCUT2D eigenvalue weighted by molar-refractivity contribution is 6.60. The van der Waals surface area contributed by atoms with Crippen molar-refractivity contribution in [1.82, 2.24) is 15.5 Å². The molecule has 0 amide bonds. The monoisotopic (exact) mass is 440 g/mol. The van der Waals surface area contributed by atoms with Crippen molar-refractivity contribution in [2.45, 2.75) is 12.5 Å². The van der Waals surface area contributed by atoms with Crippen molar-refractivity contribution in [3.05, 3.63) is 34.9 Å². The van der Waals surface area contributed by atoms with Crippen molar-refractivity contribution >= 4 is 26.6 Å². The molecule has 4 rings (SSSR count). The number of benzene rings is 1. The third-order valence-electron chi connectivity index (χ3n) is 5.06. The molecule has 1 aromatic carbocycles. The molecule has 3 fully saturated rings. The molecule has 0 spiro atoms. The van der Waals surface area contributed by atoms with Gasteiger partial charge in [0.15, 0.2) is 0 Å². The Morgan fingerprint density at radius 1 is 0.966 bits per heavy atom. The minimum absolute atomic E-state index is 0.725. The normalized spacial score (nSPS) is 25.1. The lowest BCUT2D eigenvalue weighted by Crippen LogP contribution is -2.55. The Morgan fingerprint density at radius 3 is 2.31 bits per heavy atom. The van der Waals surface area contributed by atoms with Gasteiger partial charge in [-0.1, -0.05) is 29.8 Å². The van der Waals surface area contributed by atoms with Crippen LogP contribution in [-0.2, 0) is 13.3 Å². The van der Waals surface area contributed by atoms with Crippen molar-refractivity contribution in [2.24, 2.45) is 4.99 Å². The van der Waals surface area contributed by atoms with Gasteiger partial charge in [0.1, 0.15) is 0 Å². The maximum Gasteiger partial charge on any atom is 0.501 e. The molecular weight excluding hydrogens is 408 g/mol. The average molecular weight is 441 g/mol. The van der Waals surface area contributed by atoms with E-state index in [0.717, 1.165) is 95.2 Å². The summed E-state index contributed by atoms with van der Waals surface area (Å²) in [4.78, 5) is 6.75. The lowest BCUT2D eigenvalue weighted by atomic mass is 10.2. The first-order chi connectivity index (χ1) is 14.3. The molecule has 2 N–H and O–H groups in total. The van der Waals surface area contributed by atoms with Gasteiger partial charge in [0.05, 0.1) is 26.4 Å². The van der Waals surface area contributed by atoms with Crippen LogP contribution in [0.3, 0.4) is 0 Å². The van der Waals surface area contributed by atoms with E-state index in [2.05, 4.69) is 20.5 Å². The Morgan fingerprint density at radius 2 is 1.62 bits per heavy atom. The maximum absolute atomic E-state index is 6.10. The van der Waals surface area contributed by atoms with Crippen molar-refractivity contribution in [1.29, 1.82) is 0 Å². The van der Waals surface area contributed by atoms with Gasteiger partial charge in [-0.25, -0.2) is 0 Å². The molecule has 0 aromatic heterocycles. The van der Waals surface area contributed by atoms with E-state index in [1.165, 1.54) is 0 Å². The van der Waals surface area contributed by atoms with Gasteiger partial charge in [-0.05, 0) is 19.0 Å². The summed E-state index contributed by atoms with van der Waals surface area (Å²) in [5.41, 5.74) is 0.960. The Hall–Kier alpha value is -0.843. The number of nitrogens with one attached hydrogen (secondary N) is 2. The summed E-state index contributed by atoms with van der Waals surface area (Å²) in [6.45, 7) is 9.55. The number of rotatable bonds is 11. The molecule has 0 aliphatic carbocycles. The molecule has 3 aliphatic rings. The van der Waals surface area contributed by atoms with E-state index in [0.29, 0.717) is 0 Å². The van der Waals surface area contributed by atoms with Crippen LogP contribution in [0.4, 0.5) is 0 Å². The molecule has 3 aliphatic heterocycles. The lowest BCUT2D eigenvalue weighted by Gasteiger charge is -2.38. The summed E-state index contributed by atoms with van der Waals surface area (Å²) in [5.74, 6) is 0. The molecule has 9 heteroatoms. The van der Waals surface area contributed by atoms with Gasteiger partial charge >= 0.3 is 8.80 Å². The average Bonchev–Trinajstić information content (AvgIpc) is 2.67. The third kappa shape index (κ3) is 8.07. The Labute approximate surface area is 180 Å². The van der Waals surface area contributed by atoms with Crippen molar-refractivity contribution in [2.75, 3.05) is 72.2 Å². The molecule has 3 saturated heterocycles. The second kappa shape index (κ2) is 12.8. The van der Waals surface area contributed by atoms with E-state index in [4.69, 9.17) is 24.9 Å². The number of hydrogen-bond acceptors (Lipinski definition) is 7. The van der Waals surface area contributed by atoms with E-state index in [1.54, 1.807) is 0 Å². The first kappa shape index (κ1) is 22.8. The highest BCUT2D eigenvalue weighted by Crippen LogP contribution is 2.21. The van der Waals surface area contributed by atoms with Crippen molar-refractivity contribution < 1.29 is 13.3 Å². The van der Waals surface area contributed by atoms with E-state index in [1.807, 2.05) is 30.5 Å². The Kier molecular flexibility index (Phi) is 10.0. The highest BCUT2D eigenvalue weighted by atomic mass is 35.5. The van der Waals surface area contributed by atoms with Crippen LogP contribution in [0.25, 0.3) is 0 Å². The summed E-state index contributed by atoms with van der Waals surface area (Å²) < 4.78 is 18.2. The lowest BCUT2D eigenvalue weighted by molar-refractivity contribution is -0.00849. The van der Waals surface area contributed by atoms with Crippen LogP contribution in [0.2, 0.25) is 11.1 Å². The van der Waals surface area contributed by atoms with Gasteiger partial charge in [0.25, 0.3) is 0 Å². The SMILES string of the molecule is Clc1ccccc1C=NCCNCCNCCC[Si]12OCCN(CCO1)CCO2. The zero-order valence-corrected chi connectivity index (χ0v) is 18.8. The zero-order valence-electron chi connectivity index (χ0n) is 17.1. The standard InChI is InChI=1S/C20H33ClN4O3Si/c21-20-5-2-1-4-19(20)18-24-10-9-23-8-7-22-6-3-17-29-26-14-11-25(12-15-27-29)13-16-28-29/h1-2,4-5,18,22-23H,3,6-17H2. The first-order valence-corrected chi connectivity index (χ1v) is 12.9. The number of hydrogen-bond donors (Lipinski definition) is 2. The van der Waals surface area contributed by atoms with Crippen LogP contribution in [0.5, 0.6) is 0 Å². The molecule has 0 atom stereocenters. The fraction of sp³-hybridized carbons (Fsp3) is 0.650. The van der Waals surface area contributed by atoms with Gasteiger partial charge in [0, 0.05) is 62.1 Å². The van der Waals surface area contributed by atoms with Crippen LogP contribution in [0.15, 0.2) is 29.3 Å². The molecule has 162 valence electrons. The van der Waals surface area contributed by atoms with Gasteiger partial charge in [-0.3, -0.25) is 9.89 Å². The van der Waals surface area contributed by atoms with E-state index in [-0.39, 0.29) is 0 Å². The largest absolute Gasteiger partial charge is 0.501 e. The summed E-state index contributed by atoms with van der Waals surface area (Å²) in [6, 6.07) is 8.62. The highest BCUT2D eigenvalue weighted by Gasteiger charge is 2.43. The predicted molar refractivity (Wildman–Crippen MR) is 119 cm³/mol. The number of halogens is 1. The number of nitrogens with zero attached hydrogens (tertiary/aromatic N) is 2. The Balaban J connectivity index is 1.20. The molecule has 0 radical (unpaired) electrons. The third-order valence-corrected chi connectivity index (χ3v) is 8.30. The van der Waals surface area contributed by atoms with Crippen LogP contribution in [-0.4, -0.2) is 92.1 Å². The summed E-state index contributed by atoms with van der Waals surface area (Å²) in [6.07, 6.45) is 2.85. The molecule has 0 unspecified atom stereocenters. The molecule has 1 aromatic rings. The van der Waals surface area contributed by atoms with Crippen LogP contribution in [0, 0.1) is 0 Å². The topological polar surface area (TPSA) is 67.4 Å². The van der Waals surface area contributed by atoms with Crippen LogP contribution in [0.1, 0.15) is 12.0 Å². The molecule has 0 saturated carbocycles. The van der Waals surface area contributed by atoms with Crippen molar-refractivity contribution in [3.8, 4) is 0 Å². The molecular formula is C20H33ClN4O3Si. The maximum atomic E-state index is 6.10. The van der Waals surface area contributed by atoms with Gasteiger partial charge < -0.3 is 23.9 Å². The molecule has 29 heavy (non-hydrogen) atoms. The molecule has 7 nitrogen and oxygen atoms in total.